The SMILES string of the molecule is CN1CCCc2cc3sc(N)nc3cc21. The van der Waals surface area contributed by atoms with Crippen LogP contribution in [-0.4, -0.2) is 18.6 Å². The standard InChI is InChI=1S/C11H13N3S/c1-14-4-2-3-7-5-10-8(6-9(7)14)13-11(12)15-10/h5-6H,2-4H2,1H3,(H2,12,13). The molecule has 1 aromatic heterocycles. The molecule has 0 amide bonds. The normalized spacial score (nSPS) is 15.7. The van der Waals surface area contributed by atoms with Gasteiger partial charge in [-0.05, 0) is 30.5 Å². The molecule has 0 aliphatic carbocycles. The van der Waals surface area contributed by atoms with Gasteiger partial charge in [-0.15, -0.1) is 0 Å². The summed E-state index contributed by atoms with van der Waals surface area (Å²) in [6.07, 6.45) is 2.41. The predicted molar refractivity (Wildman–Crippen MR) is 65.6 cm³/mol. The van der Waals surface area contributed by atoms with Gasteiger partial charge in [-0.3, -0.25) is 0 Å². The van der Waals surface area contributed by atoms with Gasteiger partial charge in [0.2, 0.25) is 0 Å². The second-order valence-electron chi connectivity index (χ2n) is 4.03. The molecule has 4 heteroatoms. The van der Waals surface area contributed by atoms with Crippen molar-refractivity contribution in [1.29, 1.82) is 0 Å². The van der Waals surface area contributed by atoms with Crippen molar-refractivity contribution < 1.29 is 0 Å². The minimum Gasteiger partial charge on any atom is -0.375 e. The van der Waals surface area contributed by atoms with Gasteiger partial charge in [0, 0.05) is 19.3 Å². The molecule has 1 aliphatic rings. The Morgan fingerprint density at radius 2 is 2.33 bits per heavy atom. The van der Waals surface area contributed by atoms with Gasteiger partial charge in [0.25, 0.3) is 0 Å². The lowest BCUT2D eigenvalue weighted by Gasteiger charge is -2.27. The topological polar surface area (TPSA) is 42.1 Å². The lowest BCUT2D eigenvalue weighted by Crippen LogP contribution is -2.24. The fourth-order valence-corrected chi connectivity index (χ4v) is 2.99. The summed E-state index contributed by atoms with van der Waals surface area (Å²) in [6.45, 7) is 1.14. The van der Waals surface area contributed by atoms with Gasteiger partial charge in [0.15, 0.2) is 5.13 Å². The molecule has 3 rings (SSSR count). The summed E-state index contributed by atoms with van der Waals surface area (Å²) < 4.78 is 1.21. The van der Waals surface area contributed by atoms with Gasteiger partial charge in [-0.25, -0.2) is 4.98 Å². The van der Waals surface area contributed by atoms with Crippen LogP contribution in [0, 0.1) is 0 Å². The maximum atomic E-state index is 5.72. The first kappa shape index (κ1) is 8.97. The molecular weight excluding hydrogens is 206 g/mol. The van der Waals surface area contributed by atoms with Crippen LogP contribution in [0.2, 0.25) is 0 Å². The molecule has 2 aromatic rings. The van der Waals surface area contributed by atoms with Crippen molar-refractivity contribution in [1.82, 2.24) is 4.98 Å². The van der Waals surface area contributed by atoms with Crippen LogP contribution in [0.3, 0.4) is 0 Å². The van der Waals surface area contributed by atoms with E-state index in [4.69, 9.17) is 5.73 Å². The summed E-state index contributed by atoms with van der Waals surface area (Å²) in [5.41, 5.74) is 9.50. The fraction of sp³-hybridized carbons (Fsp3) is 0.364. The van der Waals surface area contributed by atoms with Crippen LogP contribution in [0.4, 0.5) is 10.8 Å². The van der Waals surface area contributed by atoms with Crippen molar-refractivity contribution >= 4 is 32.4 Å². The average Bonchev–Trinajstić information content (AvgIpc) is 2.55. The Kier molecular flexibility index (Phi) is 1.85. The molecule has 1 aromatic carbocycles. The maximum absolute atomic E-state index is 5.72. The quantitative estimate of drug-likeness (QED) is 0.739. The van der Waals surface area contributed by atoms with Crippen molar-refractivity contribution in [3.63, 3.8) is 0 Å². The third-order valence-electron chi connectivity index (χ3n) is 2.96. The molecule has 0 saturated carbocycles. The molecule has 0 spiro atoms. The summed E-state index contributed by atoms with van der Waals surface area (Å²) in [4.78, 5) is 6.62. The second-order valence-corrected chi connectivity index (χ2v) is 5.09. The van der Waals surface area contributed by atoms with E-state index in [1.165, 1.54) is 28.8 Å². The first-order chi connectivity index (χ1) is 7.24. The molecule has 0 saturated heterocycles. The number of thiazole rings is 1. The van der Waals surface area contributed by atoms with Crippen molar-refractivity contribution in [2.24, 2.45) is 0 Å². The summed E-state index contributed by atoms with van der Waals surface area (Å²) in [5.74, 6) is 0. The number of fused-ring (bicyclic) bond motifs is 2. The highest BCUT2D eigenvalue weighted by Crippen LogP contribution is 2.33. The Morgan fingerprint density at radius 1 is 1.47 bits per heavy atom. The van der Waals surface area contributed by atoms with Gasteiger partial charge >= 0.3 is 0 Å². The Hall–Kier alpha value is -1.29. The molecular formula is C11H13N3S. The average molecular weight is 219 g/mol. The van der Waals surface area contributed by atoms with E-state index in [0.29, 0.717) is 5.13 Å². The van der Waals surface area contributed by atoms with Gasteiger partial charge in [0.1, 0.15) is 0 Å². The van der Waals surface area contributed by atoms with Crippen molar-refractivity contribution in [2.75, 3.05) is 24.2 Å². The third kappa shape index (κ3) is 1.36. The number of aryl methyl sites for hydroxylation is 1. The zero-order valence-electron chi connectivity index (χ0n) is 8.66. The number of anilines is 2. The van der Waals surface area contributed by atoms with Crippen molar-refractivity contribution in [2.45, 2.75) is 12.8 Å². The third-order valence-corrected chi connectivity index (χ3v) is 3.80. The second kappa shape index (κ2) is 3.10. The van der Waals surface area contributed by atoms with Crippen LogP contribution < -0.4 is 10.6 Å². The smallest absolute Gasteiger partial charge is 0.181 e. The zero-order valence-corrected chi connectivity index (χ0v) is 9.47. The Morgan fingerprint density at radius 3 is 3.20 bits per heavy atom. The van der Waals surface area contributed by atoms with E-state index >= 15 is 0 Å². The number of nitrogens with zero attached hydrogens (tertiary/aromatic N) is 2. The van der Waals surface area contributed by atoms with Crippen LogP contribution in [0.25, 0.3) is 10.2 Å². The minimum absolute atomic E-state index is 0.662. The lowest BCUT2D eigenvalue weighted by molar-refractivity contribution is 0.746. The van der Waals surface area contributed by atoms with E-state index < -0.39 is 0 Å². The molecule has 1 aliphatic heterocycles. The highest BCUT2D eigenvalue weighted by molar-refractivity contribution is 7.22. The van der Waals surface area contributed by atoms with Gasteiger partial charge in [-0.2, -0.15) is 0 Å². The van der Waals surface area contributed by atoms with E-state index in [9.17, 15) is 0 Å². The number of hydrogen-bond acceptors (Lipinski definition) is 4. The Balaban J connectivity index is 2.26. The molecule has 0 radical (unpaired) electrons. The molecule has 0 bridgehead atoms. The van der Waals surface area contributed by atoms with Crippen LogP contribution in [0.1, 0.15) is 12.0 Å². The highest BCUT2D eigenvalue weighted by Gasteiger charge is 2.15. The van der Waals surface area contributed by atoms with E-state index in [-0.39, 0.29) is 0 Å². The Labute approximate surface area is 92.5 Å². The summed E-state index contributed by atoms with van der Waals surface area (Å²) >= 11 is 1.57. The van der Waals surface area contributed by atoms with Crippen LogP contribution in [-0.2, 0) is 6.42 Å². The minimum atomic E-state index is 0.662. The van der Waals surface area contributed by atoms with E-state index in [1.54, 1.807) is 11.3 Å². The molecule has 3 nitrogen and oxygen atoms in total. The summed E-state index contributed by atoms with van der Waals surface area (Å²) in [7, 11) is 2.14. The van der Waals surface area contributed by atoms with E-state index in [0.717, 1.165) is 12.1 Å². The molecule has 0 fully saturated rings. The van der Waals surface area contributed by atoms with Crippen molar-refractivity contribution in [3.05, 3.63) is 17.7 Å². The molecule has 78 valence electrons. The number of hydrogen-bond donors (Lipinski definition) is 1. The summed E-state index contributed by atoms with van der Waals surface area (Å²) in [6, 6.07) is 4.41. The van der Waals surface area contributed by atoms with Gasteiger partial charge < -0.3 is 10.6 Å². The predicted octanol–water partition coefficient (Wildman–Crippen LogP) is 2.26. The number of nitrogens with two attached hydrogens (primary N) is 1. The molecule has 2 heterocycles. The fourth-order valence-electron chi connectivity index (χ4n) is 2.21. The largest absolute Gasteiger partial charge is 0.375 e. The van der Waals surface area contributed by atoms with Crippen LogP contribution in [0.15, 0.2) is 12.1 Å². The molecule has 0 atom stereocenters. The highest BCUT2D eigenvalue weighted by atomic mass is 32.1. The zero-order chi connectivity index (χ0) is 10.4. The number of benzene rings is 1. The van der Waals surface area contributed by atoms with Crippen LogP contribution >= 0.6 is 11.3 Å². The molecule has 0 unspecified atom stereocenters. The van der Waals surface area contributed by atoms with Gasteiger partial charge in [0.05, 0.1) is 10.2 Å². The van der Waals surface area contributed by atoms with Gasteiger partial charge in [-0.1, -0.05) is 11.3 Å². The number of aromatic nitrogens is 1. The van der Waals surface area contributed by atoms with Crippen LogP contribution in [0.5, 0.6) is 0 Å². The number of rotatable bonds is 0. The number of nitrogen functional groups attached to an aromatic ring is 1. The maximum Gasteiger partial charge on any atom is 0.181 e. The lowest BCUT2D eigenvalue weighted by atomic mass is 10.0. The monoisotopic (exact) mass is 219 g/mol. The molecule has 15 heavy (non-hydrogen) atoms. The van der Waals surface area contributed by atoms with E-state index in [1.807, 2.05) is 0 Å². The Bertz CT molecular complexity index is 518. The molecule has 2 N–H and O–H groups in total. The summed E-state index contributed by atoms with van der Waals surface area (Å²) in [5, 5.41) is 0.662. The first-order valence-electron chi connectivity index (χ1n) is 5.14. The van der Waals surface area contributed by atoms with E-state index in [2.05, 4.69) is 29.1 Å². The first-order valence-corrected chi connectivity index (χ1v) is 5.96. The van der Waals surface area contributed by atoms with Crippen molar-refractivity contribution in [3.8, 4) is 0 Å².